The van der Waals surface area contributed by atoms with Gasteiger partial charge in [0.1, 0.15) is 0 Å². The summed E-state index contributed by atoms with van der Waals surface area (Å²) >= 11 is 0. The Morgan fingerprint density at radius 2 is 1.68 bits per heavy atom. The zero-order chi connectivity index (χ0) is 13.2. The molecular formula is C15H23N3W. The molecule has 0 radical (unpaired) electrons. The molecule has 3 nitrogen and oxygen atoms in total. The van der Waals surface area contributed by atoms with Gasteiger partial charge in [-0.1, -0.05) is 51.3 Å². The van der Waals surface area contributed by atoms with Gasteiger partial charge in [-0.2, -0.15) is 0 Å². The fourth-order valence-electron chi connectivity index (χ4n) is 1.81. The Morgan fingerprint density at radius 3 is 2.16 bits per heavy atom. The zero-order valence-electron chi connectivity index (χ0n) is 11.8. The minimum atomic E-state index is 0. The molecule has 2 aromatic rings. The summed E-state index contributed by atoms with van der Waals surface area (Å²) < 4.78 is 0. The van der Waals surface area contributed by atoms with E-state index < -0.39 is 0 Å². The number of fused-ring (bicyclic) bond motifs is 1. The van der Waals surface area contributed by atoms with E-state index in [1.807, 2.05) is 38.1 Å². The largest absolute Gasteiger partial charge is 2.00 e. The third-order valence-corrected chi connectivity index (χ3v) is 2.72. The van der Waals surface area contributed by atoms with E-state index in [0.29, 0.717) is 5.69 Å². The second kappa shape index (κ2) is 11.1. The van der Waals surface area contributed by atoms with E-state index in [1.54, 1.807) is 6.20 Å². The van der Waals surface area contributed by atoms with Crippen LogP contribution in [0.15, 0.2) is 30.5 Å². The predicted molar refractivity (Wildman–Crippen MR) is 80.6 cm³/mol. The smallest absolute Gasteiger partial charge is 0.697 e. The van der Waals surface area contributed by atoms with Crippen molar-refractivity contribution in [2.75, 3.05) is 13.1 Å². The van der Waals surface area contributed by atoms with Gasteiger partial charge in [0, 0.05) is 5.52 Å². The molecule has 2 heterocycles. The topological polar surface area (TPSA) is 53.7 Å². The number of hydrogen-bond donors (Lipinski definition) is 1. The molecule has 0 aliphatic carbocycles. The van der Waals surface area contributed by atoms with Crippen LogP contribution in [0.4, 0.5) is 5.69 Å². The molecule has 0 atom stereocenters. The molecule has 0 saturated carbocycles. The fourth-order valence-corrected chi connectivity index (χ4v) is 1.81. The molecule has 0 spiro atoms. The van der Waals surface area contributed by atoms with Gasteiger partial charge in [-0.15, -0.1) is 18.8 Å². The molecule has 0 amide bonds. The van der Waals surface area contributed by atoms with Gasteiger partial charge in [-0.05, 0) is 17.6 Å². The van der Waals surface area contributed by atoms with Crippen molar-refractivity contribution < 1.29 is 21.1 Å². The SMILES string of the molecule is C1CC[N-]CC1.CC.[NH-]c1c[nH]c2ccccc12.[W+2]. The summed E-state index contributed by atoms with van der Waals surface area (Å²) in [5, 5.41) is 5.17. The van der Waals surface area contributed by atoms with Crippen LogP contribution in [0, 0.1) is 0 Å². The van der Waals surface area contributed by atoms with Crippen LogP contribution >= 0.6 is 0 Å². The Balaban J connectivity index is 0.000000314. The molecule has 4 heteroatoms. The van der Waals surface area contributed by atoms with Crippen LogP contribution in [-0.4, -0.2) is 18.1 Å². The minimum Gasteiger partial charge on any atom is -0.697 e. The van der Waals surface area contributed by atoms with E-state index in [2.05, 4.69) is 10.3 Å². The average Bonchev–Trinajstić information content (AvgIpc) is 2.86. The van der Waals surface area contributed by atoms with Gasteiger partial charge in [0.05, 0.1) is 0 Å². The second-order valence-electron chi connectivity index (χ2n) is 3.98. The zero-order valence-corrected chi connectivity index (χ0v) is 14.7. The minimum absolute atomic E-state index is 0. The molecule has 1 aliphatic rings. The summed E-state index contributed by atoms with van der Waals surface area (Å²) in [5.41, 5.74) is 9.01. The number of aromatic nitrogens is 1. The standard InChI is InChI=1S/C8H7N2.C5H10N.C2H6.W/c9-7-5-10-8-4-2-1-3-6(7)8;1-2-4-6-5-3-1;1-2;/h1-5,9-10H;1-5H2;1-2H3;/q2*-1;;+2. The Kier molecular flexibility index (Phi) is 10.6. The molecular weight excluding hydrogens is 406 g/mol. The number of nitrogens with zero attached hydrogens (tertiary/aromatic N) is 1. The third kappa shape index (κ3) is 6.26. The summed E-state index contributed by atoms with van der Waals surface area (Å²) in [6.45, 7) is 6.25. The van der Waals surface area contributed by atoms with Crippen LogP contribution in [0.5, 0.6) is 0 Å². The van der Waals surface area contributed by atoms with Crippen molar-refractivity contribution in [1.82, 2.24) is 4.98 Å². The normalized spacial score (nSPS) is 13.4. The Labute approximate surface area is 130 Å². The van der Waals surface area contributed by atoms with Gasteiger partial charge in [-0.25, -0.2) is 0 Å². The fraction of sp³-hybridized carbons (Fsp3) is 0.467. The van der Waals surface area contributed by atoms with Crippen molar-refractivity contribution in [2.45, 2.75) is 33.1 Å². The number of rotatable bonds is 0. The van der Waals surface area contributed by atoms with Crippen LogP contribution < -0.4 is 0 Å². The van der Waals surface area contributed by atoms with Crippen LogP contribution in [0.2, 0.25) is 0 Å². The monoisotopic (exact) mass is 429 g/mol. The number of hydrogen-bond acceptors (Lipinski definition) is 0. The van der Waals surface area contributed by atoms with Gasteiger partial charge in [-0.3, -0.25) is 0 Å². The summed E-state index contributed by atoms with van der Waals surface area (Å²) in [6.07, 6.45) is 5.77. The number of aromatic amines is 1. The second-order valence-corrected chi connectivity index (χ2v) is 3.98. The van der Waals surface area contributed by atoms with E-state index in [9.17, 15) is 0 Å². The third-order valence-electron chi connectivity index (χ3n) is 2.72. The van der Waals surface area contributed by atoms with E-state index in [-0.39, 0.29) is 21.1 Å². The first kappa shape index (κ1) is 18.2. The summed E-state index contributed by atoms with van der Waals surface area (Å²) in [6, 6.07) is 7.80. The van der Waals surface area contributed by atoms with Gasteiger partial charge >= 0.3 is 21.1 Å². The molecule has 1 fully saturated rings. The Bertz CT molecular complexity index is 424. The molecule has 1 saturated heterocycles. The number of para-hydroxylation sites is 1. The Morgan fingerprint density at radius 1 is 1.05 bits per heavy atom. The van der Waals surface area contributed by atoms with Crippen LogP contribution in [0.25, 0.3) is 22.0 Å². The molecule has 1 aromatic carbocycles. The molecule has 0 unspecified atom stereocenters. The van der Waals surface area contributed by atoms with Crippen LogP contribution in [-0.2, 0) is 21.1 Å². The maximum absolute atomic E-state index is 7.41. The quantitative estimate of drug-likeness (QED) is 0.582. The van der Waals surface area contributed by atoms with E-state index in [0.717, 1.165) is 24.0 Å². The molecule has 1 aromatic heterocycles. The van der Waals surface area contributed by atoms with E-state index >= 15 is 0 Å². The van der Waals surface area contributed by atoms with Crippen molar-refractivity contribution >= 4 is 16.6 Å². The van der Waals surface area contributed by atoms with E-state index in [4.69, 9.17) is 5.73 Å². The molecule has 19 heavy (non-hydrogen) atoms. The maximum atomic E-state index is 7.41. The van der Waals surface area contributed by atoms with Gasteiger partial charge in [0.25, 0.3) is 0 Å². The van der Waals surface area contributed by atoms with Crippen molar-refractivity contribution in [2.24, 2.45) is 0 Å². The average molecular weight is 429 g/mol. The molecule has 3 rings (SSSR count). The number of benzene rings is 1. The maximum Gasteiger partial charge on any atom is 2.00 e. The first-order valence-corrected chi connectivity index (χ1v) is 6.79. The predicted octanol–water partition coefficient (Wildman–Crippen LogP) is 5.42. The molecule has 104 valence electrons. The van der Waals surface area contributed by atoms with Crippen molar-refractivity contribution in [3.63, 3.8) is 0 Å². The van der Waals surface area contributed by atoms with E-state index in [1.165, 1.54) is 19.3 Å². The van der Waals surface area contributed by atoms with Gasteiger partial charge in [0.15, 0.2) is 0 Å². The van der Waals surface area contributed by atoms with Crippen molar-refractivity contribution in [3.05, 3.63) is 41.5 Å². The van der Waals surface area contributed by atoms with Gasteiger partial charge < -0.3 is 16.0 Å². The van der Waals surface area contributed by atoms with Gasteiger partial charge in [0.2, 0.25) is 0 Å². The first-order valence-electron chi connectivity index (χ1n) is 6.79. The molecule has 1 aliphatic heterocycles. The number of nitrogens with one attached hydrogen (secondary N) is 2. The van der Waals surface area contributed by atoms with Crippen molar-refractivity contribution in [3.8, 4) is 0 Å². The molecule has 0 bridgehead atoms. The van der Waals surface area contributed by atoms with Crippen LogP contribution in [0.1, 0.15) is 33.1 Å². The summed E-state index contributed by atoms with van der Waals surface area (Å²) in [4.78, 5) is 3.00. The molecule has 2 N–H and O–H groups in total. The van der Waals surface area contributed by atoms with Crippen molar-refractivity contribution in [1.29, 1.82) is 0 Å². The number of piperidine rings is 1. The first-order chi connectivity index (χ1) is 8.88. The van der Waals surface area contributed by atoms with Crippen LogP contribution in [0.3, 0.4) is 0 Å². The summed E-state index contributed by atoms with van der Waals surface area (Å²) in [5.74, 6) is 0. The summed E-state index contributed by atoms with van der Waals surface area (Å²) in [7, 11) is 0. The Hall–Kier alpha value is -0.792. The number of H-pyrrole nitrogens is 1.